The van der Waals surface area contributed by atoms with Gasteiger partial charge >= 0.3 is 48.6 Å². The minimum Gasteiger partial charge on any atom is -0.549 e. The normalized spacial score (nSPS) is 28.4. The number of carboxylic acid groups (broad SMARTS) is 1. The zero-order chi connectivity index (χ0) is 70.0. The lowest BCUT2D eigenvalue weighted by atomic mass is 9.62. The highest BCUT2D eigenvalue weighted by molar-refractivity contribution is 5.75. The van der Waals surface area contributed by atoms with Crippen LogP contribution in [0.4, 0.5) is 33.6 Å². The first-order valence-electron chi connectivity index (χ1n) is 33.4. The van der Waals surface area contributed by atoms with Gasteiger partial charge in [0.2, 0.25) is 0 Å². The topological polar surface area (TPSA) is 347 Å². The molecule has 4 fully saturated rings. The predicted octanol–water partition coefficient (Wildman–Crippen LogP) is 9.28. The van der Waals surface area contributed by atoms with Crippen LogP contribution in [0.25, 0.3) is 0 Å². The fraction of sp³-hybridized carbons (Fsp3) is 0.866. The van der Waals surface area contributed by atoms with Crippen molar-refractivity contribution in [3.8, 4) is 0 Å². The lowest BCUT2D eigenvalue weighted by Gasteiger charge is -2.46. The van der Waals surface area contributed by atoms with Crippen LogP contribution in [0.2, 0.25) is 0 Å². The van der Waals surface area contributed by atoms with Crippen LogP contribution in [0.15, 0.2) is 0 Å². The van der Waals surface area contributed by atoms with Gasteiger partial charge in [-0.25, -0.2) is 33.6 Å². The molecule has 93 heavy (non-hydrogen) atoms. The number of ether oxygens (including phenoxy) is 8. The van der Waals surface area contributed by atoms with Crippen LogP contribution in [0.1, 0.15) is 214 Å². The Morgan fingerprint density at radius 3 is 0.935 bits per heavy atom. The van der Waals surface area contributed by atoms with Gasteiger partial charge in [-0.2, -0.15) is 0 Å². The summed E-state index contributed by atoms with van der Waals surface area (Å²) in [4.78, 5) is 114. The van der Waals surface area contributed by atoms with E-state index in [1.54, 1.807) is 20.8 Å². The SMILES string of the molecule is CNC1CC(C)(C)CC(C)(CNC(=O)OCCC(C)OC(=O)NC2CC(C)(C)CC(C)(CNC(=O)OCCC(C)OC(=O)NC3CC(C)(C)CC(C)(CNC(=O)OCCC(C)OC(=O)NC4CC(C)(C)CC(C)(CNC(=O)OCC(C)(COC(C)=O)C(=O)[O-])C4)C3)C2)C1. The zero-order valence-corrected chi connectivity index (χ0v) is 59.4. The number of aliphatic carboxylic acids is 1. The molecule has 4 rings (SSSR count). The van der Waals surface area contributed by atoms with Crippen molar-refractivity contribution >= 4 is 54.6 Å². The van der Waals surface area contributed by atoms with Crippen LogP contribution >= 0.6 is 0 Å². The summed E-state index contributed by atoms with van der Waals surface area (Å²) < 4.78 is 43.5. The van der Waals surface area contributed by atoms with Gasteiger partial charge in [0.05, 0.1) is 31.2 Å². The quantitative estimate of drug-likeness (QED) is 0.0255. The summed E-state index contributed by atoms with van der Waals surface area (Å²) in [6, 6.07) is -0.383. The number of alkyl carbamates (subject to hydrolysis) is 7. The van der Waals surface area contributed by atoms with Crippen molar-refractivity contribution in [1.29, 1.82) is 0 Å². The van der Waals surface area contributed by atoms with Crippen LogP contribution in [-0.4, -0.2) is 163 Å². The highest BCUT2D eigenvalue weighted by Gasteiger charge is 2.46. The molecule has 0 radical (unpaired) electrons. The van der Waals surface area contributed by atoms with Crippen molar-refractivity contribution in [3.05, 3.63) is 0 Å². The van der Waals surface area contributed by atoms with Crippen molar-refractivity contribution in [3.63, 3.8) is 0 Å². The third-order valence-corrected chi connectivity index (χ3v) is 18.6. The van der Waals surface area contributed by atoms with E-state index < -0.39 is 102 Å². The van der Waals surface area contributed by atoms with E-state index in [0.29, 0.717) is 64.1 Å². The third-order valence-electron chi connectivity index (χ3n) is 18.6. The number of hydrogen-bond donors (Lipinski definition) is 8. The number of amides is 7. The van der Waals surface area contributed by atoms with Crippen molar-refractivity contribution < 1.29 is 86.2 Å². The minimum absolute atomic E-state index is 0.00548. The van der Waals surface area contributed by atoms with Gasteiger partial charge in [0.15, 0.2) is 0 Å². The summed E-state index contributed by atoms with van der Waals surface area (Å²) in [6.45, 7) is 33.3. The largest absolute Gasteiger partial charge is 0.549 e. The number of esters is 1. The molecular formula is C67H117N8O18-. The first-order valence-corrected chi connectivity index (χ1v) is 33.4. The van der Waals surface area contributed by atoms with Gasteiger partial charge in [0.1, 0.15) is 31.5 Å². The molecular weight excluding hydrogens is 1200 g/mol. The second-order valence-corrected chi connectivity index (χ2v) is 32.8. The average molecular weight is 1320 g/mol. The lowest BCUT2D eigenvalue weighted by Crippen LogP contribution is -2.51. The Morgan fingerprint density at radius 1 is 0.409 bits per heavy atom. The number of nitrogens with one attached hydrogen (secondary N) is 8. The monoisotopic (exact) mass is 1320 g/mol. The van der Waals surface area contributed by atoms with Gasteiger partial charge < -0.3 is 90.3 Å². The molecule has 26 nitrogen and oxygen atoms in total. The van der Waals surface area contributed by atoms with Gasteiger partial charge in [0.25, 0.3) is 0 Å². The summed E-state index contributed by atoms with van der Waals surface area (Å²) in [5.74, 6) is -2.22. The maximum absolute atomic E-state index is 13.2. The van der Waals surface area contributed by atoms with E-state index in [4.69, 9.17) is 37.9 Å². The van der Waals surface area contributed by atoms with Gasteiger partial charge in [-0.15, -0.1) is 0 Å². The van der Waals surface area contributed by atoms with Crippen molar-refractivity contribution in [2.75, 3.05) is 66.3 Å². The standard InChI is InChI=1S/C67H118N8O18/c1-43(19-22-86-52(79)69-37-63(13)29-47(68-18)25-59(5,6)33-63)91-56(83)73-48-26-60(7,8)34-64(14,30-48)38-70-53(80)87-23-20-44(2)92-57(84)74-49-27-61(9,10)35-65(15,31-49)39-71-54(81)88-24-21-45(3)93-58(85)75-50-28-62(11,12)36-66(16,32-50)40-72-55(82)90-42-67(17,51(77)78)41-89-46(4)76/h43-45,47-50,68H,19-42H2,1-18H3,(H,69,79)(H,70,80)(H,71,81)(H,72,82)(H,73,83)(H,74,84)(H,75,85)(H,77,78)/p-1. The molecule has 0 aromatic rings. The minimum atomic E-state index is -1.74. The Kier molecular flexibility index (Phi) is 28.5. The fourth-order valence-electron chi connectivity index (χ4n) is 15.9. The van der Waals surface area contributed by atoms with Gasteiger partial charge in [0, 0.05) is 76.5 Å². The zero-order valence-electron chi connectivity index (χ0n) is 59.4. The molecule has 4 aliphatic rings. The van der Waals surface area contributed by atoms with Crippen LogP contribution in [0.3, 0.4) is 0 Å². The Balaban J connectivity index is 1.10. The molecule has 0 heterocycles. The maximum atomic E-state index is 13.2. The summed E-state index contributed by atoms with van der Waals surface area (Å²) >= 11 is 0. The third kappa shape index (κ3) is 29.1. The first kappa shape index (κ1) is 79.2. The molecule has 534 valence electrons. The average Bonchev–Trinajstić information content (AvgIpc) is 0.834. The predicted molar refractivity (Wildman–Crippen MR) is 345 cm³/mol. The highest BCUT2D eigenvalue weighted by Crippen LogP contribution is 2.49. The molecule has 0 saturated heterocycles. The summed E-state index contributed by atoms with van der Waals surface area (Å²) in [6.07, 6.45) is 3.78. The van der Waals surface area contributed by atoms with E-state index in [1.807, 2.05) is 20.9 Å². The molecule has 7 amide bonds. The molecule has 12 unspecified atom stereocenters. The Bertz CT molecular complexity index is 2550. The molecule has 26 heteroatoms. The van der Waals surface area contributed by atoms with Crippen LogP contribution in [-0.2, 0) is 47.5 Å². The van der Waals surface area contributed by atoms with E-state index in [2.05, 4.69) is 112 Å². The second-order valence-electron chi connectivity index (χ2n) is 32.8. The van der Waals surface area contributed by atoms with E-state index in [1.165, 1.54) is 6.92 Å². The Labute approximate surface area is 552 Å². The van der Waals surface area contributed by atoms with Gasteiger partial charge in [-0.3, -0.25) is 4.79 Å². The van der Waals surface area contributed by atoms with Crippen molar-refractivity contribution in [2.24, 2.45) is 48.7 Å². The molecule has 4 saturated carbocycles. The van der Waals surface area contributed by atoms with Crippen LogP contribution < -0.4 is 47.6 Å². The Morgan fingerprint density at radius 2 is 0.667 bits per heavy atom. The van der Waals surface area contributed by atoms with E-state index in [0.717, 1.165) is 45.4 Å². The van der Waals surface area contributed by atoms with E-state index >= 15 is 0 Å². The van der Waals surface area contributed by atoms with Gasteiger partial charge in [-0.05, 0) is 155 Å². The summed E-state index contributed by atoms with van der Waals surface area (Å²) in [7, 11) is 1.98. The molecule has 4 aliphatic carbocycles. The molecule has 0 aromatic heterocycles. The van der Waals surface area contributed by atoms with Gasteiger partial charge in [-0.1, -0.05) is 83.1 Å². The highest BCUT2D eigenvalue weighted by atomic mass is 16.6. The molecule has 0 aromatic carbocycles. The number of rotatable bonds is 29. The summed E-state index contributed by atoms with van der Waals surface area (Å²) in [5.41, 5.74) is -3.48. The maximum Gasteiger partial charge on any atom is 0.407 e. The Hall–Kier alpha value is -6.21. The molecule has 0 bridgehead atoms. The second kappa shape index (κ2) is 33.4. The summed E-state index contributed by atoms with van der Waals surface area (Å²) in [5, 5.41) is 35.6. The first-order chi connectivity index (χ1) is 42.8. The number of hydrogen-bond acceptors (Lipinski definition) is 19. The van der Waals surface area contributed by atoms with Crippen molar-refractivity contribution in [1.82, 2.24) is 42.5 Å². The molecule has 0 spiro atoms. The smallest absolute Gasteiger partial charge is 0.407 e. The molecule has 12 atom stereocenters. The number of carboxylic acids is 1. The number of carbonyl (C=O) groups excluding carboxylic acids is 9. The van der Waals surface area contributed by atoms with Crippen LogP contribution in [0.5, 0.6) is 0 Å². The van der Waals surface area contributed by atoms with E-state index in [9.17, 15) is 48.3 Å². The molecule has 0 aliphatic heterocycles. The lowest BCUT2D eigenvalue weighted by molar-refractivity contribution is -0.321. The molecule has 8 N–H and O–H groups in total. The van der Waals surface area contributed by atoms with Crippen LogP contribution in [0, 0.1) is 48.7 Å². The fourth-order valence-corrected chi connectivity index (χ4v) is 15.9. The van der Waals surface area contributed by atoms with Crippen molar-refractivity contribution in [2.45, 2.75) is 256 Å². The van der Waals surface area contributed by atoms with E-state index in [-0.39, 0.29) is 96.4 Å². The number of carbonyl (C=O) groups is 9.